The number of aromatic amines is 2. The van der Waals surface area contributed by atoms with E-state index in [0.29, 0.717) is 6.07 Å². The molecule has 0 bridgehead atoms. The van der Waals surface area contributed by atoms with Crippen LogP contribution in [0.2, 0.25) is 0 Å². The molecule has 0 aliphatic heterocycles. The standard InChI is InChI=1S/C9H5F4N3O2/c10-2-1-3-6(16-8(18)7(17)15-3)4(5(2)14)9(11,12)13/h1H,14H2,(H,15,17)(H,16,18). The van der Waals surface area contributed by atoms with Gasteiger partial charge in [0.1, 0.15) is 11.4 Å². The lowest BCUT2D eigenvalue weighted by Crippen LogP contribution is -2.30. The van der Waals surface area contributed by atoms with E-state index in [4.69, 9.17) is 5.73 Å². The number of anilines is 1. The molecule has 0 aliphatic rings. The van der Waals surface area contributed by atoms with Crippen molar-refractivity contribution in [3.63, 3.8) is 0 Å². The van der Waals surface area contributed by atoms with Crippen molar-refractivity contribution < 1.29 is 17.6 Å². The molecule has 96 valence electrons. The fourth-order valence-corrected chi connectivity index (χ4v) is 1.54. The monoisotopic (exact) mass is 263 g/mol. The second-order valence-corrected chi connectivity index (χ2v) is 3.48. The first-order valence-corrected chi connectivity index (χ1v) is 4.53. The number of hydrogen-bond acceptors (Lipinski definition) is 3. The van der Waals surface area contributed by atoms with Crippen LogP contribution in [0.1, 0.15) is 5.56 Å². The summed E-state index contributed by atoms with van der Waals surface area (Å²) in [5.41, 5.74) is -1.35. The van der Waals surface area contributed by atoms with Crippen LogP contribution in [0.3, 0.4) is 0 Å². The lowest BCUT2D eigenvalue weighted by Gasteiger charge is -2.13. The molecule has 9 heteroatoms. The zero-order valence-electron chi connectivity index (χ0n) is 8.48. The van der Waals surface area contributed by atoms with Crippen LogP contribution in [0.25, 0.3) is 11.0 Å². The molecule has 1 aromatic carbocycles. The number of fused-ring (bicyclic) bond motifs is 1. The van der Waals surface area contributed by atoms with E-state index in [9.17, 15) is 27.2 Å². The maximum absolute atomic E-state index is 13.2. The minimum atomic E-state index is -4.97. The summed E-state index contributed by atoms with van der Waals surface area (Å²) < 4.78 is 51.4. The predicted molar refractivity (Wildman–Crippen MR) is 54.6 cm³/mol. The van der Waals surface area contributed by atoms with Crippen LogP contribution in [0, 0.1) is 5.82 Å². The number of aromatic nitrogens is 2. The molecule has 5 nitrogen and oxygen atoms in total. The van der Waals surface area contributed by atoms with E-state index in [1.807, 2.05) is 4.98 Å². The Labute approximate surface area is 95.2 Å². The van der Waals surface area contributed by atoms with Crippen LogP contribution in [0.15, 0.2) is 15.7 Å². The molecule has 2 rings (SSSR count). The second kappa shape index (κ2) is 3.59. The average Bonchev–Trinajstić information content (AvgIpc) is 2.21. The van der Waals surface area contributed by atoms with Gasteiger partial charge < -0.3 is 15.7 Å². The number of halogens is 4. The molecule has 0 atom stereocenters. The summed E-state index contributed by atoms with van der Waals surface area (Å²) in [7, 11) is 0. The fourth-order valence-electron chi connectivity index (χ4n) is 1.54. The Hall–Kier alpha value is -2.32. The molecule has 0 aliphatic carbocycles. The van der Waals surface area contributed by atoms with Gasteiger partial charge in [-0.3, -0.25) is 9.59 Å². The van der Waals surface area contributed by atoms with Crippen LogP contribution in [0.4, 0.5) is 23.2 Å². The topological polar surface area (TPSA) is 91.7 Å². The molecular weight excluding hydrogens is 258 g/mol. The third-order valence-corrected chi connectivity index (χ3v) is 2.29. The van der Waals surface area contributed by atoms with E-state index in [0.717, 1.165) is 0 Å². The van der Waals surface area contributed by atoms with Crippen molar-refractivity contribution in [1.29, 1.82) is 0 Å². The third-order valence-electron chi connectivity index (χ3n) is 2.29. The molecule has 0 spiro atoms. The first-order chi connectivity index (χ1) is 8.21. The summed E-state index contributed by atoms with van der Waals surface area (Å²) in [4.78, 5) is 25.5. The molecule has 0 fully saturated rings. The third kappa shape index (κ3) is 1.73. The maximum Gasteiger partial charge on any atom is 0.420 e. The Morgan fingerprint density at radius 1 is 1.11 bits per heavy atom. The van der Waals surface area contributed by atoms with Crippen molar-refractivity contribution in [3.8, 4) is 0 Å². The van der Waals surface area contributed by atoms with Gasteiger partial charge in [-0.15, -0.1) is 0 Å². The Morgan fingerprint density at radius 2 is 1.67 bits per heavy atom. The zero-order chi connectivity index (χ0) is 13.7. The van der Waals surface area contributed by atoms with Crippen LogP contribution < -0.4 is 16.9 Å². The average molecular weight is 263 g/mol. The number of nitrogens with two attached hydrogens (primary N) is 1. The van der Waals surface area contributed by atoms with E-state index in [1.165, 1.54) is 0 Å². The van der Waals surface area contributed by atoms with Gasteiger partial charge in [0.15, 0.2) is 0 Å². The Balaban J connectivity index is 3.07. The Morgan fingerprint density at radius 3 is 2.22 bits per heavy atom. The van der Waals surface area contributed by atoms with Crippen LogP contribution in [0.5, 0.6) is 0 Å². The minimum Gasteiger partial charge on any atom is -0.396 e. The SMILES string of the molecule is Nc1c(F)cc2[nH]c(=O)c(=O)[nH]c2c1C(F)(F)F. The highest BCUT2D eigenvalue weighted by molar-refractivity contribution is 5.83. The lowest BCUT2D eigenvalue weighted by molar-refractivity contribution is -0.135. The van der Waals surface area contributed by atoms with Crippen LogP contribution >= 0.6 is 0 Å². The number of nitrogen functional groups attached to an aromatic ring is 1. The first kappa shape index (κ1) is 12.1. The molecule has 0 radical (unpaired) electrons. The Kier molecular flexibility index (Phi) is 2.42. The van der Waals surface area contributed by atoms with Gasteiger partial charge in [-0.1, -0.05) is 0 Å². The van der Waals surface area contributed by atoms with Gasteiger partial charge in [0.05, 0.1) is 16.7 Å². The second-order valence-electron chi connectivity index (χ2n) is 3.48. The van der Waals surface area contributed by atoms with Crippen molar-refractivity contribution >= 4 is 16.7 Å². The normalized spacial score (nSPS) is 12.0. The van der Waals surface area contributed by atoms with E-state index < -0.39 is 45.4 Å². The highest BCUT2D eigenvalue weighted by atomic mass is 19.4. The Bertz CT molecular complexity index is 744. The summed E-state index contributed by atoms with van der Waals surface area (Å²) in [6.45, 7) is 0. The number of H-pyrrole nitrogens is 2. The molecule has 0 saturated carbocycles. The van der Waals surface area contributed by atoms with Gasteiger partial charge in [0.25, 0.3) is 0 Å². The molecule has 2 aromatic rings. The fraction of sp³-hybridized carbons (Fsp3) is 0.111. The number of nitrogens with one attached hydrogen (secondary N) is 2. The summed E-state index contributed by atoms with van der Waals surface area (Å²) in [5, 5.41) is 0. The van der Waals surface area contributed by atoms with E-state index >= 15 is 0 Å². The van der Waals surface area contributed by atoms with E-state index in [-0.39, 0.29) is 0 Å². The molecule has 0 amide bonds. The molecular formula is C9H5F4N3O2. The highest BCUT2D eigenvalue weighted by Crippen LogP contribution is 2.38. The largest absolute Gasteiger partial charge is 0.420 e. The van der Waals surface area contributed by atoms with Crippen LogP contribution in [-0.2, 0) is 6.18 Å². The van der Waals surface area contributed by atoms with Crippen molar-refractivity contribution in [2.75, 3.05) is 5.73 Å². The smallest absolute Gasteiger partial charge is 0.396 e. The van der Waals surface area contributed by atoms with Gasteiger partial charge in [-0.25, -0.2) is 4.39 Å². The van der Waals surface area contributed by atoms with Crippen molar-refractivity contribution in [2.24, 2.45) is 0 Å². The predicted octanol–water partition coefficient (Wildman–Crippen LogP) is 0.957. The minimum absolute atomic E-state index is 0.487. The quantitative estimate of drug-likeness (QED) is 0.375. The summed E-state index contributed by atoms with van der Waals surface area (Å²) in [6, 6.07) is 0.608. The van der Waals surface area contributed by atoms with E-state index in [2.05, 4.69) is 0 Å². The first-order valence-electron chi connectivity index (χ1n) is 4.53. The highest BCUT2D eigenvalue weighted by Gasteiger charge is 2.37. The van der Waals surface area contributed by atoms with Gasteiger partial charge in [-0.05, 0) is 0 Å². The molecule has 0 saturated heterocycles. The van der Waals surface area contributed by atoms with Gasteiger partial charge in [-0.2, -0.15) is 13.2 Å². The van der Waals surface area contributed by atoms with Gasteiger partial charge in [0, 0.05) is 6.07 Å². The molecule has 1 aromatic heterocycles. The number of alkyl halides is 3. The van der Waals surface area contributed by atoms with Crippen molar-refractivity contribution in [1.82, 2.24) is 9.97 Å². The number of hydrogen-bond donors (Lipinski definition) is 3. The molecule has 1 heterocycles. The molecule has 18 heavy (non-hydrogen) atoms. The van der Waals surface area contributed by atoms with Gasteiger partial charge >= 0.3 is 17.3 Å². The summed E-state index contributed by atoms with van der Waals surface area (Å²) in [6.07, 6.45) is -4.97. The van der Waals surface area contributed by atoms with Crippen molar-refractivity contribution in [2.45, 2.75) is 6.18 Å². The lowest BCUT2D eigenvalue weighted by atomic mass is 10.1. The van der Waals surface area contributed by atoms with Gasteiger partial charge in [0.2, 0.25) is 0 Å². The van der Waals surface area contributed by atoms with Crippen molar-refractivity contribution in [3.05, 3.63) is 38.2 Å². The molecule has 4 N–H and O–H groups in total. The van der Waals surface area contributed by atoms with Crippen LogP contribution in [-0.4, -0.2) is 9.97 Å². The molecule has 0 unspecified atom stereocenters. The maximum atomic E-state index is 13.2. The number of benzene rings is 1. The summed E-state index contributed by atoms with van der Waals surface area (Å²) in [5.74, 6) is -1.34. The zero-order valence-corrected chi connectivity index (χ0v) is 8.48. The number of rotatable bonds is 0. The summed E-state index contributed by atoms with van der Waals surface area (Å²) >= 11 is 0. The van der Waals surface area contributed by atoms with E-state index in [1.54, 1.807) is 4.98 Å².